The monoisotopic (exact) mass is 194 g/mol. The highest BCUT2D eigenvalue weighted by Crippen LogP contribution is 2.12. The molecule has 1 aromatic rings. The van der Waals surface area contributed by atoms with Crippen LogP contribution < -0.4 is 0 Å². The van der Waals surface area contributed by atoms with Crippen molar-refractivity contribution in [2.45, 2.75) is 0 Å². The van der Waals surface area contributed by atoms with E-state index >= 15 is 0 Å². The first-order chi connectivity index (χ1) is 3.72. The maximum Gasteiger partial charge on any atom is 0.177 e. The van der Waals surface area contributed by atoms with E-state index in [0.717, 1.165) is 4.73 Å². The Balaban J connectivity index is 3.19. The van der Waals surface area contributed by atoms with E-state index in [1.165, 1.54) is 0 Å². The molecule has 0 unspecified atom stereocenters. The van der Waals surface area contributed by atoms with Crippen LogP contribution in [0.1, 0.15) is 0 Å². The predicted octanol–water partition coefficient (Wildman–Crippen LogP) is 1.84. The minimum absolute atomic E-state index is 0.636. The Hall–Kier alpha value is -0.0200. The maximum atomic E-state index is 5.60. The minimum Gasteiger partial charge on any atom is -0.313 e. The number of aromatic nitrogens is 2. The number of nitrogens with zero attached hydrogens (tertiary/aromatic N) is 2. The van der Waals surface area contributed by atoms with Gasteiger partial charge in [0.15, 0.2) is 4.73 Å². The van der Waals surface area contributed by atoms with Crippen molar-refractivity contribution in [1.82, 2.24) is 9.55 Å². The third-order valence-corrected chi connectivity index (χ3v) is 1.96. The second-order valence-corrected chi connectivity index (χ2v) is 2.51. The topological polar surface area (TPSA) is 17.8 Å². The Morgan fingerprint density at radius 2 is 2.50 bits per heavy atom. The molecule has 1 heterocycles. The highest BCUT2D eigenvalue weighted by atomic mass is 79.9. The molecule has 2 nitrogen and oxygen atoms in total. The molecule has 44 valence electrons. The summed E-state index contributed by atoms with van der Waals surface area (Å²) in [6.07, 6.45) is 1.59. The molecule has 0 saturated heterocycles. The average molecular weight is 195 g/mol. The summed E-state index contributed by atoms with van der Waals surface area (Å²) in [5.74, 6) is 0. The maximum absolute atomic E-state index is 5.60. The van der Waals surface area contributed by atoms with Crippen LogP contribution in [0.25, 0.3) is 0 Å². The molecule has 0 N–H and O–H groups in total. The van der Waals surface area contributed by atoms with Crippen LogP contribution >= 0.6 is 27.5 Å². The van der Waals surface area contributed by atoms with Gasteiger partial charge in [-0.1, -0.05) is 11.6 Å². The van der Waals surface area contributed by atoms with Gasteiger partial charge in [-0.25, -0.2) is 4.98 Å². The van der Waals surface area contributed by atoms with Gasteiger partial charge in [-0.15, -0.1) is 0 Å². The van der Waals surface area contributed by atoms with Gasteiger partial charge in [-0.05, 0) is 15.9 Å². The van der Waals surface area contributed by atoms with Gasteiger partial charge in [0.1, 0.15) is 5.15 Å². The largest absolute Gasteiger partial charge is 0.313 e. The van der Waals surface area contributed by atoms with E-state index in [4.69, 9.17) is 11.6 Å². The first-order valence-corrected chi connectivity index (χ1v) is 3.21. The van der Waals surface area contributed by atoms with Crippen LogP contribution in [-0.4, -0.2) is 9.55 Å². The van der Waals surface area contributed by atoms with E-state index in [1.54, 1.807) is 10.8 Å². The molecule has 4 heteroatoms. The number of halogens is 2. The molecule has 0 radical (unpaired) electrons. The van der Waals surface area contributed by atoms with Gasteiger partial charge in [-0.2, -0.15) is 0 Å². The molecule has 0 bridgehead atoms. The van der Waals surface area contributed by atoms with Crippen molar-refractivity contribution in [3.05, 3.63) is 16.1 Å². The Morgan fingerprint density at radius 3 is 2.62 bits per heavy atom. The predicted molar refractivity (Wildman–Crippen MR) is 35.9 cm³/mol. The molecule has 0 aromatic carbocycles. The summed E-state index contributed by atoms with van der Waals surface area (Å²) in [5.41, 5.74) is 0. The molecule has 0 amide bonds. The number of imidazole rings is 1. The quantitative estimate of drug-likeness (QED) is 0.618. The number of hydrogen-bond donors (Lipinski definition) is 0. The highest BCUT2D eigenvalue weighted by molar-refractivity contribution is 9.10. The summed E-state index contributed by atoms with van der Waals surface area (Å²) < 4.78 is 2.49. The Morgan fingerprint density at radius 1 is 1.88 bits per heavy atom. The molecule has 0 aliphatic carbocycles. The van der Waals surface area contributed by atoms with Gasteiger partial charge in [0.25, 0.3) is 0 Å². The highest BCUT2D eigenvalue weighted by Gasteiger charge is 1.96. The fraction of sp³-hybridized carbons (Fsp3) is 0.250. The first-order valence-electron chi connectivity index (χ1n) is 2.04. The van der Waals surface area contributed by atoms with E-state index in [0.29, 0.717) is 5.15 Å². The van der Waals surface area contributed by atoms with Crippen molar-refractivity contribution in [2.24, 2.45) is 7.05 Å². The zero-order chi connectivity index (χ0) is 6.15. The third kappa shape index (κ3) is 0.880. The van der Waals surface area contributed by atoms with Crippen LogP contribution in [0.3, 0.4) is 0 Å². The average Bonchev–Trinajstić information content (AvgIpc) is 1.98. The second kappa shape index (κ2) is 2.07. The van der Waals surface area contributed by atoms with Crippen LogP contribution in [0.5, 0.6) is 0 Å². The first kappa shape index (κ1) is 6.11. The van der Waals surface area contributed by atoms with Gasteiger partial charge in [0.05, 0.1) is 6.20 Å². The summed E-state index contributed by atoms with van der Waals surface area (Å²) >= 11 is 8.78. The molecule has 0 saturated carbocycles. The number of hydrogen-bond acceptors (Lipinski definition) is 1. The molecule has 0 fully saturated rings. The van der Waals surface area contributed by atoms with Crippen molar-refractivity contribution in [1.29, 1.82) is 0 Å². The third-order valence-electron chi connectivity index (χ3n) is 0.875. The standard InChI is InChI=1S/C4H4BrClN2/c1-8-3(6)2-7-4(8)5/h2H,1H3. The summed E-state index contributed by atoms with van der Waals surface area (Å²) in [6, 6.07) is 0. The van der Waals surface area contributed by atoms with Crippen LogP contribution in [-0.2, 0) is 7.05 Å². The molecule has 0 aliphatic rings. The normalized spacial score (nSPS) is 9.88. The van der Waals surface area contributed by atoms with E-state index in [9.17, 15) is 0 Å². The summed E-state index contributed by atoms with van der Waals surface area (Å²) in [4.78, 5) is 3.86. The molecule has 1 rings (SSSR count). The number of rotatable bonds is 0. The van der Waals surface area contributed by atoms with Crippen molar-refractivity contribution < 1.29 is 0 Å². The van der Waals surface area contributed by atoms with Gasteiger partial charge in [-0.3, -0.25) is 0 Å². The molecule has 1 aromatic heterocycles. The molecular weight excluding hydrogens is 191 g/mol. The van der Waals surface area contributed by atoms with E-state index in [2.05, 4.69) is 20.9 Å². The van der Waals surface area contributed by atoms with E-state index in [1.807, 2.05) is 7.05 Å². The zero-order valence-electron chi connectivity index (χ0n) is 4.23. The molecule has 0 atom stereocenters. The van der Waals surface area contributed by atoms with Crippen molar-refractivity contribution >= 4 is 27.5 Å². The van der Waals surface area contributed by atoms with E-state index in [-0.39, 0.29) is 0 Å². The SMILES string of the molecule is Cn1c(Cl)cnc1Br. The molecule has 0 aliphatic heterocycles. The van der Waals surface area contributed by atoms with Crippen molar-refractivity contribution in [3.63, 3.8) is 0 Å². The van der Waals surface area contributed by atoms with Gasteiger partial charge >= 0.3 is 0 Å². The zero-order valence-corrected chi connectivity index (χ0v) is 6.57. The second-order valence-electron chi connectivity index (χ2n) is 1.41. The summed E-state index contributed by atoms with van der Waals surface area (Å²) in [6.45, 7) is 0. The molecular formula is C4H4BrClN2. The lowest BCUT2D eigenvalue weighted by Gasteiger charge is -1.90. The molecule has 8 heavy (non-hydrogen) atoms. The van der Waals surface area contributed by atoms with Crippen LogP contribution in [0.4, 0.5) is 0 Å². The summed E-state index contributed by atoms with van der Waals surface area (Å²) in [7, 11) is 1.83. The lowest BCUT2D eigenvalue weighted by atomic mass is 10.9. The van der Waals surface area contributed by atoms with Crippen LogP contribution in [0.15, 0.2) is 10.9 Å². The van der Waals surface area contributed by atoms with Crippen molar-refractivity contribution in [3.8, 4) is 0 Å². The minimum atomic E-state index is 0.636. The van der Waals surface area contributed by atoms with Crippen molar-refractivity contribution in [2.75, 3.05) is 0 Å². The Bertz CT molecular complexity index is 176. The lowest BCUT2D eigenvalue weighted by molar-refractivity contribution is 0.882. The lowest BCUT2D eigenvalue weighted by Crippen LogP contribution is -1.85. The Labute approximate surface area is 60.6 Å². The fourth-order valence-electron chi connectivity index (χ4n) is 0.368. The van der Waals surface area contributed by atoms with Crippen LogP contribution in [0, 0.1) is 0 Å². The van der Waals surface area contributed by atoms with E-state index < -0.39 is 0 Å². The Kier molecular flexibility index (Phi) is 1.58. The van der Waals surface area contributed by atoms with Gasteiger partial charge < -0.3 is 4.57 Å². The smallest absolute Gasteiger partial charge is 0.177 e. The van der Waals surface area contributed by atoms with Gasteiger partial charge in [0.2, 0.25) is 0 Å². The van der Waals surface area contributed by atoms with Gasteiger partial charge in [0, 0.05) is 7.05 Å². The summed E-state index contributed by atoms with van der Waals surface area (Å²) in [5, 5.41) is 0.636. The van der Waals surface area contributed by atoms with Crippen LogP contribution in [0.2, 0.25) is 5.15 Å². The molecule has 0 spiro atoms. The fourth-order valence-corrected chi connectivity index (χ4v) is 0.892.